The number of anilines is 1. The minimum atomic E-state index is -0.0173. The molecular formula is C24H26N6O2S. The van der Waals surface area contributed by atoms with Gasteiger partial charge in [0.05, 0.1) is 19.3 Å². The van der Waals surface area contributed by atoms with Crippen LogP contribution in [-0.4, -0.2) is 50.2 Å². The summed E-state index contributed by atoms with van der Waals surface area (Å²) < 4.78 is 9.96. The van der Waals surface area contributed by atoms with Crippen LogP contribution in [0.25, 0.3) is 16.6 Å². The van der Waals surface area contributed by atoms with Crippen LogP contribution in [0, 0.1) is 17.6 Å². The van der Waals surface area contributed by atoms with E-state index in [1.54, 1.807) is 19.4 Å². The molecule has 8 nitrogen and oxygen atoms in total. The lowest BCUT2D eigenvalue weighted by atomic mass is 9.96. The van der Waals surface area contributed by atoms with Gasteiger partial charge in [-0.15, -0.1) is 0 Å². The number of hydrogen-bond acceptors (Lipinski definition) is 6. The molecule has 33 heavy (non-hydrogen) atoms. The summed E-state index contributed by atoms with van der Waals surface area (Å²) >= 11 is 5.81. The van der Waals surface area contributed by atoms with E-state index in [1.165, 1.54) is 0 Å². The number of carbonyl (C=O) groups is 1. The van der Waals surface area contributed by atoms with Gasteiger partial charge in [0.2, 0.25) is 10.7 Å². The van der Waals surface area contributed by atoms with Crippen LogP contribution in [0.4, 0.5) is 5.82 Å². The van der Waals surface area contributed by atoms with Gasteiger partial charge in [0.15, 0.2) is 5.65 Å². The topological polar surface area (TPSA) is 76.7 Å². The predicted molar refractivity (Wildman–Crippen MR) is 130 cm³/mol. The molecule has 0 unspecified atom stereocenters. The normalized spacial score (nSPS) is 15.2. The molecule has 170 valence electrons. The summed E-state index contributed by atoms with van der Waals surface area (Å²) in [5.74, 6) is 1.40. The van der Waals surface area contributed by atoms with Gasteiger partial charge in [-0.25, -0.2) is 9.67 Å². The Morgan fingerprint density at radius 1 is 1.21 bits per heavy atom. The molecule has 9 heteroatoms. The van der Waals surface area contributed by atoms with Crippen LogP contribution in [0.3, 0.4) is 0 Å². The number of nitrogens with zero attached hydrogens (tertiary/aromatic N) is 5. The van der Waals surface area contributed by atoms with E-state index < -0.39 is 0 Å². The zero-order chi connectivity index (χ0) is 22.9. The number of fused-ring (bicyclic) bond motifs is 3. The molecule has 1 amide bonds. The van der Waals surface area contributed by atoms with E-state index in [2.05, 4.69) is 34.3 Å². The Morgan fingerprint density at radius 2 is 2.03 bits per heavy atom. The van der Waals surface area contributed by atoms with Gasteiger partial charge in [-0.05, 0) is 67.9 Å². The number of amides is 1. The predicted octanol–water partition coefficient (Wildman–Crippen LogP) is 4.04. The molecule has 0 spiro atoms. The molecular weight excluding hydrogens is 436 g/mol. The van der Waals surface area contributed by atoms with Crippen molar-refractivity contribution in [3.63, 3.8) is 0 Å². The SMILES string of the molecule is COc1ccc2c(C)cc3nn(CN4CCC(C(=O)Nc5ccccn5)CC4)c(=S)n3c2c1. The van der Waals surface area contributed by atoms with Crippen molar-refractivity contribution < 1.29 is 9.53 Å². The maximum atomic E-state index is 12.6. The fraction of sp³-hybridized carbons (Fsp3) is 0.333. The number of pyridine rings is 2. The van der Waals surface area contributed by atoms with Crippen LogP contribution in [0.5, 0.6) is 5.75 Å². The number of aromatic nitrogens is 4. The molecule has 1 aliphatic heterocycles. The minimum absolute atomic E-state index is 0.0173. The van der Waals surface area contributed by atoms with Crippen molar-refractivity contribution in [3.8, 4) is 5.75 Å². The second kappa shape index (κ2) is 8.92. The highest BCUT2D eigenvalue weighted by atomic mass is 32.1. The van der Waals surface area contributed by atoms with Gasteiger partial charge in [-0.3, -0.25) is 14.1 Å². The van der Waals surface area contributed by atoms with Crippen molar-refractivity contribution in [1.82, 2.24) is 24.1 Å². The van der Waals surface area contributed by atoms with Crippen LogP contribution in [0.2, 0.25) is 0 Å². The summed E-state index contributed by atoms with van der Waals surface area (Å²) in [6.45, 7) is 4.30. The lowest BCUT2D eigenvalue weighted by Gasteiger charge is -2.30. The first-order valence-electron chi connectivity index (χ1n) is 11.0. The van der Waals surface area contributed by atoms with E-state index >= 15 is 0 Å². The summed E-state index contributed by atoms with van der Waals surface area (Å²) in [4.78, 5) is 19.1. The highest BCUT2D eigenvalue weighted by Gasteiger charge is 2.26. The number of aryl methyl sites for hydroxylation is 1. The maximum absolute atomic E-state index is 12.6. The van der Waals surface area contributed by atoms with Gasteiger partial charge in [0, 0.05) is 36.7 Å². The van der Waals surface area contributed by atoms with Gasteiger partial charge in [0.25, 0.3) is 0 Å². The van der Waals surface area contributed by atoms with Gasteiger partial charge in [-0.2, -0.15) is 5.10 Å². The molecule has 4 heterocycles. The van der Waals surface area contributed by atoms with E-state index in [4.69, 9.17) is 22.1 Å². The lowest BCUT2D eigenvalue weighted by molar-refractivity contribution is -0.121. The Morgan fingerprint density at radius 3 is 2.76 bits per heavy atom. The van der Waals surface area contributed by atoms with E-state index in [9.17, 15) is 4.79 Å². The number of piperidine rings is 1. The fourth-order valence-electron chi connectivity index (χ4n) is 4.46. The molecule has 1 saturated heterocycles. The van der Waals surface area contributed by atoms with Crippen LogP contribution in [0.1, 0.15) is 18.4 Å². The number of hydrogen-bond donors (Lipinski definition) is 1. The molecule has 1 aromatic carbocycles. The Hall–Kier alpha value is -3.30. The van der Waals surface area contributed by atoms with E-state index in [0.717, 1.165) is 53.8 Å². The molecule has 0 saturated carbocycles. The van der Waals surface area contributed by atoms with Crippen LogP contribution < -0.4 is 10.1 Å². The van der Waals surface area contributed by atoms with Crippen molar-refractivity contribution in [2.75, 3.05) is 25.5 Å². The van der Waals surface area contributed by atoms with Crippen molar-refractivity contribution in [3.05, 3.63) is 59.0 Å². The van der Waals surface area contributed by atoms with Crippen molar-refractivity contribution in [1.29, 1.82) is 0 Å². The van der Waals surface area contributed by atoms with Gasteiger partial charge in [-0.1, -0.05) is 6.07 Å². The molecule has 1 aliphatic rings. The van der Waals surface area contributed by atoms with Crippen molar-refractivity contribution in [2.24, 2.45) is 5.92 Å². The average Bonchev–Trinajstić information content (AvgIpc) is 3.14. The second-order valence-corrected chi connectivity index (χ2v) is 8.79. The second-order valence-electron chi connectivity index (χ2n) is 8.42. The number of benzene rings is 1. The summed E-state index contributed by atoms with van der Waals surface area (Å²) in [6, 6.07) is 13.6. The zero-order valence-corrected chi connectivity index (χ0v) is 19.5. The highest BCUT2D eigenvalue weighted by Crippen LogP contribution is 2.26. The summed E-state index contributed by atoms with van der Waals surface area (Å²) in [5, 5.41) is 8.83. The molecule has 0 bridgehead atoms. The molecule has 5 rings (SSSR count). The molecule has 1 N–H and O–H groups in total. The number of ether oxygens (including phenoxy) is 1. The Bertz CT molecular complexity index is 1370. The minimum Gasteiger partial charge on any atom is -0.497 e. The molecule has 1 fully saturated rings. The Kier molecular flexibility index (Phi) is 5.82. The van der Waals surface area contributed by atoms with E-state index in [1.807, 2.05) is 33.3 Å². The van der Waals surface area contributed by atoms with Gasteiger partial charge >= 0.3 is 0 Å². The number of nitrogens with one attached hydrogen (secondary N) is 1. The third-order valence-corrected chi connectivity index (χ3v) is 6.68. The first-order valence-corrected chi connectivity index (χ1v) is 11.5. The molecule has 0 aliphatic carbocycles. The van der Waals surface area contributed by atoms with Crippen LogP contribution in [-0.2, 0) is 11.5 Å². The highest BCUT2D eigenvalue weighted by molar-refractivity contribution is 7.71. The standard InChI is InChI=1S/C24H26N6O2S/c1-16-13-22-27-29(24(33)30(22)20-14-18(32-2)6-7-19(16)20)15-28-11-8-17(9-12-28)23(31)26-21-5-3-4-10-25-21/h3-7,10,13-14,17H,8-9,11-12,15H2,1-2H3,(H,25,26,31). The Balaban J connectivity index is 1.32. The van der Waals surface area contributed by atoms with E-state index in [0.29, 0.717) is 17.3 Å². The number of carbonyl (C=O) groups excluding carboxylic acids is 1. The monoisotopic (exact) mass is 462 g/mol. The van der Waals surface area contributed by atoms with E-state index in [-0.39, 0.29) is 11.8 Å². The maximum Gasteiger partial charge on any atom is 0.228 e. The largest absolute Gasteiger partial charge is 0.497 e. The third-order valence-electron chi connectivity index (χ3n) is 6.29. The molecule has 0 atom stereocenters. The number of rotatable bonds is 5. The zero-order valence-electron chi connectivity index (χ0n) is 18.7. The summed E-state index contributed by atoms with van der Waals surface area (Å²) in [6.07, 6.45) is 3.26. The van der Waals surface area contributed by atoms with Crippen molar-refractivity contribution >= 4 is 40.5 Å². The summed E-state index contributed by atoms with van der Waals surface area (Å²) in [7, 11) is 1.66. The fourth-order valence-corrected chi connectivity index (χ4v) is 4.75. The first-order chi connectivity index (χ1) is 16.0. The van der Waals surface area contributed by atoms with Gasteiger partial charge < -0.3 is 10.1 Å². The number of likely N-dealkylation sites (tertiary alicyclic amines) is 1. The molecule has 3 aromatic heterocycles. The smallest absolute Gasteiger partial charge is 0.228 e. The van der Waals surface area contributed by atoms with Gasteiger partial charge in [0.1, 0.15) is 11.6 Å². The van der Waals surface area contributed by atoms with Crippen molar-refractivity contribution in [2.45, 2.75) is 26.4 Å². The quantitative estimate of drug-likeness (QED) is 0.451. The molecule has 0 radical (unpaired) electrons. The van der Waals surface area contributed by atoms with Crippen LogP contribution in [0.15, 0.2) is 48.7 Å². The van der Waals surface area contributed by atoms with Crippen LogP contribution >= 0.6 is 12.2 Å². The third kappa shape index (κ3) is 4.21. The Labute approximate surface area is 196 Å². The average molecular weight is 463 g/mol. The first kappa shape index (κ1) is 21.5. The summed E-state index contributed by atoms with van der Waals surface area (Å²) in [5.41, 5.74) is 2.96. The number of methoxy groups -OCH3 is 1. The molecule has 4 aromatic rings. The lowest BCUT2D eigenvalue weighted by Crippen LogP contribution is -2.39.